The standard InChI is InChI=1S/C15H15F3S/c1-2-11-6-8-13(9-7-12-4-3-5-12)14(10-11)19-15(16,17)18/h6,8,10,12H,2-5H2,1H3. The highest BCUT2D eigenvalue weighted by molar-refractivity contribution is 8.00. The Morgan fingerprint density at radius 2 is 2.05 bits per heavy atom. The van der Waals surface area contributed by atoms with Crippen molar-refractivity contribution >= 4 is 11.8 Å². The fraction of sp³-hybridized carbons (Fsp3) is 0.467. The quantitative estimate of drug-likeness (QED) is 0.543. The number of alkyl halides is 3. The van der Waals surface area contributed by atoms with E-state index in [1.165, 1.54) is 6.42 Å². The van der Waals surface area contributed by atoms with E-state index in [1.807, 2.05) is 13.0 Å². The van der Waals surface area contributed by atoms with Gasteiger partial charge in [0.15, 0.2) is 0 Å². The summed E-state index contributed by atoms with van der Waals surface area (Å²) < 4.78 is 37.6. The van der Waals surface area contributed by atoms with Gasteiger partial charge in [-0.3, -0.25) is 0 Å². The van der Waals surface area contributed by atoms with Gasteiger partial charge in [-0.1, -0.05) is 31.3 Å². The average molecular weight is 284 g/mol. The minimum absolute atomic E-state index is 0.0683. The van der Waals surface area contributed by atoms with E-state index >= 15 is 0 Å². The van der Waals surface area contributed by atoms with Crippen LogP contribution in [-0.4, -0.2) is 5.51 Å². The molecule has 1 aliphatic carbocycles. The van der Waals surface area contributed by atoms with Crippen LogP contribution in [0.15, 0.2) is 23.1 Å². The van der Waals surface area contributed by atoms with Gasteiger partial charge in [-0.2, -0.15) is 13.2 Å². The van der Waals surface area contributed by atoms with Gasteiger partial charge in [-0.05, 0) is 48.7 Å². The smallest absolute Gasteiger partial charge is 0.160 e. The molecule has 0 heterocycles. The van der Waals surface area contributed by atoms with Crippen molar-refractivity contribution in [2.24, 2.45) is 5.92 Å². The van der Waals surface area contributed by atoms with Gasteiger partial charge in [0.05, 0.1) is 0 Å². The molecule has 0 nitrogen and oxygen atoms in total. The topological polar surface area (TPSA) is 0 Å². The second-order valence-corrected chi connectivity index (χ2v) is 5.74. The van der Waals surface area contributed by atoms with Crippen molar-refractivity contribution in [3.05, 3.63) is 29.3 Å². The van der Waals surface area contributed by atoms with Crippen LogP contribution in [0.3, 0.4) is 0 Å². The Hall–Kier alpha value is -1.08. The maximum absolute atomic E-state index is 12.5. The predicted octanol–water partition coefficient (Wildman–Crippen LogP) is 5.01. The summed E-state index contributed by atoms with van der Waals surface area (Å²) in [5.41, 5.74) is -2.87. The number of thioether (sulfide) groups is 1. The Balaban J connectivity index is 2.26. The lowest BCUT2D eigenvalue weighted by Gasteiger charge is -2.18. The molecule has 0 N–H and O–H groups in total. The Bertz CT molecular complexity index is 504. The van der Waals surface area contributed by atoms with Gasteiger partial charge in [-0.15, -0.1) is 0 Å². The number of aryl methyl sites for hydroxylation is 1. The molecule has 0 atom stereocenters. The van der Waals surface area contributed by atoms with Crippen molar-refractivity contribution in [2.75, 3.05) is 0 Å². The summed E-state index contributed by atoms with van der Waals surface area (Å²) in [5, 5.41) is 0. The zero-order valence-corrected chi connectivity index (χ0v) is 11.5. The van der Waals surface area contributed by atoms with Gasteiger partial charge in [0.2, 0.25) is 0 Å². The zero-order valence-electron chi connectivity index (χ0n) is 10.7. The average Bonchev–Trinajstić information content (AvgIpc) is 2.26. The van der Waals surface area contributed by atoms with Crippen LogP contribution in [0.2, 0.25) is 0 Å². The Kier molecular flexibility index (Phi) is 4.46. The second kappa shape index (κ2) is 5.92. The third-order valence-electron chi connectivity index (χ3n) is 3.20. The molecule has 0 bridgehead atoms. The maximum Gasteiger partial charge on any atom is 0.446 e. The largest absolute Gasteiger partial charge is 0.446 e. The Morgan fingerprint density at radius 1 is 1.32 bits per heavy atom. The fourth-order valence-electron chi connectivity index (χ4n) is 1.83. The van der Waals surface area contributed by atoms with Crippen molar-refractivity contribution in [1.82, 2.24) is 0 Å². The Labute approximate surface area is 115 Å². The number of hydrogen-bond donors (Lipinski definition) is 0. The number of rotatable bonds is 2. The highest BCUT2D eigenvalue weighted by Gasteiger charge is 2.30. The molecule has 0 aliphatic heterocycles. The van der Waals surface area contributed by atoms with E-state index in [4.69, 9.17) is 0 Å². The molecule has 102 valence electrons. The molecule has 4 heteroatoms. The Morgan fingerprint density at radius 3 is 2.58 bits per heavy atom. The van der Waals surface area contributed by atoms with Crippen molar-refractivity contribution in [2.45, 2.75) is 43.0 Å². The minimum atomic E-state index is -4.26. The molecule has 0 aromatic heterocycles. The predicted molar refractivity (Wildman–Crippen MR) is 72.0 cm³/mol. The van der Waals surface area contributed by atoms with Crippen LogP contribution in [-0.2, 0) is 6.42 Å². The maximum atomic E-state index is 12.5. The summed E-state index contributed by atoms with van der Waals surface area (Å²) in [6.07, 6.45) is 4.05. The SMILES string of the molecule is CCc1ccc(C#CC2CCC2)c(SC(F)(F)F)c1. The molecule has 1 aromatic carbocycles. The molecule has 19 heavy (non-hydrogen) atoms. The van der Waals surface area contributed by atoms with Gasteiger partial charge < -0.3 is 0 Å². The van der Waals surface area contributed by atoms with E-state index in [9.17, 15) is 13.2 Å². The fourth-order valence-corrected chi connectivity index (χ4v) is 2.52. The molecule has 1 aromatic rings. The number of benzene rings is 1. The van der Waals surface area contributed by atoms with Crippen LogP contribution < -0.4 is 0 Å². The third kappa shape index (κ3) is 4.21. The molecular formula is C15H15F3S. The molecule has 0 unspecified atom stereocenters. The first-order valence-corrected chi connectivity index (χ1v) is 7.20. The van der Waals surface area contributed by atoms with Gasteiger partial charge in [0, 0.05) is 16.4 Å². The van der Waals surface area contributed by atoms with Crippen molar-refractivity contribution < 1.29 is 13.2 Å². The molecule has 0 spiro atoms. The van der Waals surface area contributed by atoms with Crippen LogP contribution in [0.25, 0.3) is 0 Å². The van der Waals surface area contributed by atoms with Gasteiger partial charge in [0.25, 0.3) is 0 Å². The first-order chi connectivity index (χ1) is 8.98. The monoisotopic (exact) mass is 284 g/mol. The first kappa shape index (κ1) is 14.3. The van der Waals surface area contributed by atoms with Crippen LogP contribution >= 0.6 is 11.8 Å². The molecule has 1 aliphatic rings. The van der Waals surface area contributed by atoms with Gasteiger partial charge >= 0.3 is 5.51 Å². The minimum Gasteiger partial charge on any atom is -0.160 e. The molecular weight excluding hydrogens is 269 g/mol. The van der Waals surface area contributed by atoms with Crippen LogP contribution in [0.5, 0.6) is 0 Å². The van der Waals surface area contributed by atoms with E-state index in [1.54, 1.807) is 12.1 Å². The third-order valence-corrected chi connectivity index (χ3v) is 3.99. The summed E-state index contributed by atoms with van der Waals surface area (Å²) in [6, 6.07) is 5.16. The molecule has 0 saturated heterocycles. The molecule has 0 radical (unpaired) electrons. The highest BCUT2D eigenvalue weighted by atomic mass is 32.2. The lowest BCUT2D eigenvalue weighted by Crippen LogP contribution is -2.07. The van der Waals surface area contributed by atoms with Crippen LogP contribution in [0, 0.1) is 17.8 Å². The molecule has 2 rings (SSSR count). The van der Waals surface area contributed by atoms with Crippen molar-refractivity contribution in [3.8, 4) is 11.8 Å². The van der Waals surface area contributed by atoms with E-state index < -0.39 is 5.51 Å². The summed E-state index contributed by atoms with van der Waals surface area (Å²) in [6.45, 7) is 1.93. The lowest BCUT2D eigenvalue weighted by atomic mass is 9.86. The molecule has 1 fully saturated rings. The molecule has 1 saturated carbocycles. The van der Waals surface area contributed by atoms with E-state index in [0.29, 0.717) is 11.5 Å². The summed E-state index contributed by atoms with van der Waals surface area (Å²) in [5.74, 6) is 6.36. The van der Waals surface area contributed by atoms with Crippen LogP contribution in [0.1, 0.15) is 37.3 Å². The van der Waals surface area contributed by atoms with E-state index in [-0.39, 0.29) is 16.7 Å². The highest BCUT2D eigenvalue weighted by Crippen LogP contribution is 2.39. The van der Waals surface area contributed by atoms with Crippen LogP contribution in [0.4, 0.5) is 13.2 Å². The summed E-state index contributed by atoms with van der Waals surface area (Å²) >= 11 is -0.0683. The summed E-state index contributed by atoms with van der Waals surface area (Å²) in [7, 11) is 0. The second-order valence-electron chi connectivity index (χ2n) is 4.63. The number of hydrogen-bond acceptors (Lipinski definition) is 1. The van der Waals surface area contributed by atoms with E-state index in [0.717, 1.165) is 24.8 Å². The zero-order chi connectivity index (χ0) is 13.9. The van der Waals surface area contributed by atoms with Crippen molar-refractivity contribution in [3.63, 3.8) is 0 Å². The first-order valence-electron chi connectivity index (χ1n) is 6.38. The van der Waals surface area contributed by atoms with Gasteiger partial charge in [-0.25, -0.2) is 0 Å². The number of halogens is 3. The lowest BCUT2D eigenvalue weighted by molar-refractivity contribution is -0.0328. The normalized spacial score (nSPS) is 15.6. The van der Waals surface area contributed by atoms with Gasteiger partial charge in [0.1, 0.15) is 0 Å². The van der Waals surface area contributed by atoms with Crippen molar-refractivity contribution in [1.29, 1.82) is 0 Å². The summed E-state index contributed by atoms with van der Waals surface area (Å²) in [4.78, 5) is 0.221. The van der Waals surface area contributed by atoms with E-state index in [2.05, 4.69) is 11.8 Å². The molecule has 0 amide bonds.